The first kappa shape index (κ1) is 17.5. The topological polar surface area (TPSA) is 20.2 Å². The molecule has 0 fully saturated rings. The van der Waals surface area contributed by atoms with Crippen LogP contribution in [0.5, 0.6) is 5.75 Å². The van der Waals surface area contributed by atoms with E-state index in [1.165, 1.54) is 0 Å². The van der Waals surface area contributed by atoms with Crippen molar-refractivity contribution < 1.29 is 5.11 Å². The van der Waals surface area contributed by atoms with Gasteiger partial charge in [0.05, 0.1) is 0 Å². The molecule has 0 heterocycles. The summed E-state index contributed by atoms with van der Waals surface area (Å²) < 4.78 is 0. The van der Waals surface area contributed by atoms with Gasteiger partial charge in [-0.25, -0.2) is 0 Å². The van der Waals surface area contributed by atoms with Gasteiger partial charge < -0.3 is 5.11 Å². The molecule has 0 saturated carbocycles. The van der Waals surface area contributed by atoms with Crippen molar-refractivity contribution in [3.8, 4) is 5.75 Å². The molecular weight excluding hydrogens is 316 g/mol. The van der Waals surface area contributed by atoms with Crippen molar-refractivity contribution in [3.05, 3.63) is 119 Å². The second-order valence-corrected chi connectivity index (χ2v) is 6.10. The maximum atomic E-state index is 10.3. The highest BCUT2D eigenvalue weighted by molar-refractivity contribution is 5.85. The van der Waals surface area contributed by atoms with Crippen LogP contribution in [0.2, 0.25) is 0 Å². The number of allylic oxidation sites excluding steroid dienone is 4. The van der Waals surface area contributed by atoms with Crippen LogP contribution in [0.15, 0.2) is 103 Å². The van der Waals surface area contributed by atoms with Gasteiger partial charge in [-0.15, -0.1) is 0 Å². The summed E-state index contributed by atoms with van der Waals surface area (Å²) in [6, 6.07) is 27.8. The third-order valence-electron chi connectivity index (χ3n) is 4.19. The number of aromatic hydroxyl groups is 1. The van der Waals surface area contributed by atoms with Crippen molar-refractivity contribution in [2.24, 2.45) is 0 Å². The van der Waals surface area contributed by atoms with Gasteiger partial charge in [0.15, 0.2) is 0 Å². The van der Waals surface area contributed by atoms with E-state index in [1.54, 1.807) is 6.07 Å². The zero-order valence-corrected chi connectivity index (χ0v) is 14.8. The Labute approximate surface area is 155 Å². The summed E-state index contributed by atoms with van der Waals surface area (Å²) in [5.74, 6) is 0.285. The van der Waals surface area contributed by atoms with Gasteiger partial charge in [-0.1, -0.05) is 103 Å². The SMILES string of the molecule is CC(C=Cc1ccccc1)=C(C=Cc1ccccc1)c1ccccc1O. The molecule has 0 aromatic heterocycles. The smallest absolute Gasteiger partial charge is 0.123 e. The molecule has 0 aliphatic rings. The Morgan fingerprint density at radius 1 is 0.654 bits per heavy atom. The van der Waals surface area contributed by atoms with Crippen LogP contribution in [0, 0.1) is 0 Å². The summed E-state index contributed by atoms with van der Waals surface area (Å²) in [6.45, 7) is 2.07. The van der Waals surface area contributed by atoms with E-state index in [0.29, 0.717) is 0 Å². The van der Waals surface area contributed by atoms with Crippen molar-refractivity contribution in [2.45, 2.75) is 6.92 Å². The standard InChI is InChI=1S/C25H22O/c1-20(16-17-21-10-4-2-5-11-21)23(24-14-8-9-15-25(24)26)19-18-22-12-6-3-7-13-22/h2-19,26H,1H3. The van der Waals surface area contributed by atoms with Crippen LogP contribution in [-0.2, 0) is 0 Å². The van der Waals surface area contributed by atoms with Crippen LogP contribution in [0.3, 0.4) is 0 Å². The largest absolute Gasteiger partial charge is 0.507 e. The molecule has 26 heavy (non-hydrogen) atoms. The van der Waals surface area contributed by atoms with E-state index in [4.69, 9.17) is 0 Å². The molecule has 0 aliphatic carbocycles. The van der Waals surface area contributed by atoms with E-state index in [-0.39, 0.29) is 5.75 Å². The van der Waals surface area contributed by atoms with Gasteiger partial charge >= 0.3 is 0 Å². The van der Waals surface area contributed by atoms with Crippen LogP contribution in [0.25, 0.3) is 17.7 Å². The van der Waals surface area contributed by atoms with E-state index in [1.807, 2.05) is 54.6 Å². The lowest BCUT2D eigenvalue weighted by Gasteiger charge is -2.09. The Kier molecular flexibility index (Phi) is 5.84. The van der Waals surface area contributed by atoms with Gasteiger partial charge in [0.25, 0.3) is 0 Å². The van der Waals surface area contributed by atoms with Crippen molar-refractivity contribution in [3.63, 3.8) is 0 Å². The minimum Gasteiger partial charge on any atom is -0.507 e. The van der Waals surface area contributed by atoms with Crippen molar-refractivity contribution in [1.29, 1.82) is 0 Å². The highest BCUT2D eigenvalue weighted by Gasteiger charge is 2.06. The molecule has 1 heteroatoms. The lowest BCUT2D eigenvalue weighted by Crippen LogP contribution is -1.86. The van der Waals surface area contributed by atoms with E-state index in [0.717, 1.165) is 27.8 Å². The molecule has 0 saturated heterocycles. The Bertz CT molecular complexity index is 932. The van der Waals surface area contributed by atoms with Gasteiger partial charge in [-0.3, -0.25) is 0 Å². The van der Waals surface area contributed by atoms with Gasteiger partial charge in [-0.2, -0.15) is 0 Å². The molecule has 0 bridgehead atoms. The first-order valence-electron chi connectivity index (χ1n) is 8.69. The minimum absolute atomic E-state index is 0.285. The quantitative estimate of drug-likeness (QED) is 0.520. The second kappa shape index (κ2) is 8.68. The maximum Gasteiger partial charge on any atom is 0.123 e. The van der Waals surface area contributed by atoms with Crippen LogP contribution in [0.4, 0.5) is 0 Å². The number of hydrogen-bond donors (Lipinski definition) is 1. The number of phenolic OH excluding ortho intramolecular Hbond substituents is 1. The molecule has 1 nitrogen and oxygen atoms in total. The zero-order chi connectivity index (χ0) is 18.2. The monoisotopic (exact) mass is 338 g/mol. The van der Waals surface area contributed by atoms with Crippen LogP contribution in [-0.4, -0.2) is 5.11 Å². The Morgan fingerprint density at radius 3 is 1.73 bits per heavy atom. The van der Waals surface area contributed by atoms with Gasteiger partial charge in [-0.05, 0) is 35.3 Å². The minimum atomic E-state index is 0.285. The zero-order valence-electron chi connectivity index (χ0n) is 14.8. The molecule has 3 aromatic carbocycles. The summed E-state index contributed by atoms with van der Waals surface area (Å²) >= 11 is 0. The molecule has 1 N–H and O–H groups in total. The molecule has 0 aliphatic heterocycles. The number of hydrogen-bond acceptors (Lipinski definition) is 1. The lowest BCUT2D eigenvalue weighted by atomic mass is 9.97. The fourth-order valence-corrected chi connectivity index (χ4v) is 2.75. The Balaban J connectivity index is 2.00. The van der Waals surface area contributed by atoms with E-state index >= 15 is 0 Å². The first-order valence-corrected chi connectivity index (χ1v) is 8.69. The fraction of sp³-hybridized carbons (Fsp3) is 0.0400. The summed E-state index contributed by atoms with van der Waals surface area (Å²) in [6.07, 6.45) is 8.31. The molecule has 0 unspecified atom stereocenters. The molecule has 128 valence electrons. The number of rotatable bonds is 5. The van der Waals surface area contributed by atoms with Crippen molar-refractivity contribution in [1.82, 2.24) is 0 Å². The van der Waals surface area contributed by atoms with Gasteiger partial charge in [0, 0.05) is 5.56 Å². The van der Waals surface area contributed by atoms with Crippen LogP contribution in [0.1, 0.15) is 23.6 Å². The molecule has 0 radical (unpaired) electrons. The Hall–Kier alpha value is -3.32. The summed E-state index contributed by atoms with van der Waals surface area (Å²) in [5, 5.41) is 10.3. The number of phenols is 1. The number of benzene rings is 3. The molecular formula is C25H22O. The van der Waals surface area contributed by atoms with Crippen molar-refractivity contribution in [2.75, 3.05) is 0 Å². The maximum absolute atomic E-state index is 10.3. The molecule has 0 atom stereocenters. The lowest BCUT2D eigenvalue weighted by molar-refractivity contribution is 0.473. The highest BCUT2D eigenvalue weighted by atomic mass is 16.3. The molecule has 3 rings (SSSR count). The average Bonchev–Trinajstić information content (AvgIpc) is 2.69. The highest BCUT2D eigenvalue weighted by Crippen LogP contribution is 2.29. The van der Waals surface area contributed by atoms with Crippen LogP contribution < -0.4 is 0 Å². The van der Waals surface area contributed by atoms with Crippen molar-refractivity contribution >= 4 is 17.7 Å². The summed E-state index contributed by atoms with van der Waals surface area (Å²) in [4.78, 5) is 0. The summed E-state index contributed by atoms with van der Waals surface area (Å²) in [5.41, 5.74) is 5.19. The first-order chi connectivity index (χ1) is 12.7. The molecule has 3 aromatic rings. The van der Waals surface area contributed by atoms with E-state index < -0.39 is 0 Å². The average molecular weight is 338 g/mol. The molecule has 0 amide bonds. The van der Waals surface area contributed by atoms with Crippen LogP contribution >= 0.6 is 0 Å². The second-order valence-electron chi connectivity index (χ2n) is 6.10. The van der Waals surface area contributed by atoms with Gasteiger partial charge in [0.2, 0.25) is 0 Å². The fourth-order valence-electron chi connectivity index (χ4n) is 2.75. The third-order valence-corrected chi connectivity index (χ3v) is 4.19. The predicted molar refractivity (Wildman–Crippen MR) is 112 cm³/mol. The van der Waals surface area contributed by atoms with Gasteiger partial charge in [0.1, 0.15) is 5.75 Å². The Morgan fingerprint density at radius 2 is 1.15 bits per heavy atom. The number of para-hydroxylation sites is 1. The third kappa shape index (κ3) is 4.61. The predicted octanol–water partition coefficient (Wildman–Crippen LogP) is 6.59. The normalized spacial score (nSPS) is 12.5. The van der Waals surface area contributed by atoms with E-state index in [2.05, 4.69) is 55.5 Å². The molecule has 0 spiro atoms. The van der Waals surface area contributed by atoms with E-state index in [9.17, 15) is 5.11 Å². The summed E-state index contributed by atoms with van der Waals surface area (Å²) in [7, 11) is 0.